The van der Waals surface area contributed by atoms with E-state index < -0.39 is 5.97 Å². The van der Waals surface area contributed by atoms with Crippen molar-refractivity contribution in [1.82, 2.24) is 0 Å². The van der Waals surface area contributed by atoms with Crippen LogP contribution in [-0.4, -0.2) is 17.6 Å². The highest BCUT2D eigenvalue weighted by Crippen LogP contribution is 2.13. The molecule has 3 heteroatoms. The fourth-order valence-corrected chi connectivity index (χ4v) is 1.83. The summed E-state index contributed by atoms with van der Waals surface area (Å²) in [6.45, 7) is 5.43. The van der Waals surface area contributed by atoms with E-state index in [0.717, 1.165) is 30.1 Å². The number of aliphatic carboxylic acids is 1. The molecule has 0 fully saturated rings. The van der Waals surface area contributed by atoms with E-state index in [1.807, 2.05) is 24.3 Å². The molecule has 0 radical (unpaired) electrons. The molecule has 0 aliphatic rings. The molecule has 0 bridgehead atoms. The van der Waals surface area contributed by atoms with Crippen LogP contribution in [-0.2, 0) is 11.2 Å². The number of carboxylic acid groups (broad SMARTS) is 1. The minimum Gasteiger partial charge on any atom is -0.481 e. The Labute approximate surface area is 109 Å². The molecule has 2 N–H and O–H groups in total. The lowest BCUT2D eigenvalue weighted by Crippen LogP contribution is -2.03. The molecule has 0 saturated carbocycles. The molecular formula is C15H23NO2. The van der Waals surface area contributed by atoms with Crippen molar-refractivity contribution in [3.8, 4) is 0 Å². The van der Waals surface area contributed by atoms with Crippen LogP contribution in [0.1, 0.15) is 38.7 Å². The van der Waals surface area contributed by atoms with Crippen LogP contribution in [0.5, 0.6) is 0 Å². The van der Waals surface area contributed by atoms with E-state index in [-0.39, 0.29) is 6.42 Å². The predicted octanol–water partition coefficient (Wildman–Crippen LogP) is 3.55. The van der Waals surface area contributed by atoms with Crippen molar-refractivity contribution in [2.45, 2.75) is 39.5 Å². The zero-order valence-electron chi connectivity index (χ0n) is 11.3. The summed E-state index contributed by atoms with van der Waals surface area (Å²) in [6.07, 6.45) is 3.18. The Balaban J connectivity index is 2.37. The first-order valence-electron chi connectivity index (χ1n) is 6.62. The van der Waals surface area contributed by atoms with Crippen molar-refractivity contribution in [3.63, 3.8) is 0 Å². The summed E-state index contributed by atoms with van der Waals surface area (Å²) >= 11 is 0. The number of carboxylic acids is 1. The average molecular weight is 249 g/mol. The monoisotopic (exact) mass is 249 g/mol. The first kappa shape index (κ1) is 14.6. The fraction of sp³-hybridized carbons (Fsp3) is 0.533. The highest BCUT2D eigenvalue weighted by atomic mass is 16.4. The number of hydrogen-bond acceptors (Lipinski definition) is 2. The van der Waals surface area contributed by atoms with Gasteiger partial charge < -0.3 is 10.4 Å². The van der Waals surface area contributed by atoms with Gasteiger partial charge in [0.2, 0.25) is 0 Å². The molecule has 0 heterocycles. The zero-order chi connectivity index (χ0) is 13.4. The summed E-state index contributed by atoms with van der Waals surface area (Å²) in [7, 11) is 0. The Kier molecular flexibility index (Phi) is 6.26. The number of nitrogens with one attached hydrogen (secondary N) is 1. The topological polar surface area (TPSA) is 49.3 Å². The minimum atomic E-state index is -0.745. The van der Waals surface area contributed by atoms with Gasteiger partial charge in [0.15, 0.2) is 0 Å². The molecule has 3 nitrogen and oxygen atoms in total. The van der Waals surface area contributed by atoms with Gasteiger partial charge in [-0.25, -0.2) is 0 Å². The van der Waals surface area contributed by atoms with Crippen LogP contribution in [0.25, 0.3) is 0 Å². The summed E-state index contributed by atoms with van der Waals surface area (Å²) in [4.78, 5) is 10.5. The lowest BCUT2D eigenvalue weighted by molar-refractivity contribution is -0.136. The van der Waals surface area contributed by atoms with Crippen LogP contribution < -0.4 is 5.32 Å². The maximum atomic E-state index is 10.5. The zero-order valence-corrected chi connectivity index (χ0v) is 11.3. The van der Waals surface area contributed by atoms with Crippen LogP contribution in [0.4, 0.5) is 5.69 Å². The van der Waals surface area contributed by atoms with E-state index in [1.54, 1.807) is 0 Å². The van der Waals surface area contributed by atoms with Gasteiger partial charge in [-0.2, -0.15) is 0 Å². The van der Waals surface area contributed by atoms with Crippen LogP contribution in [0.2, 0.25) is 0 Å². The number of hydrogen-bond donors (Lipinski definition) is 2. The Morgan fingerprint density at radius 2 is 2.17 bits per heavy atom. The summed E-state index contributed by atoms with van der Waals surface area (Å²) in [5.74, 6) is -0.000929. The maximum absolute atomic E-state index is 10.5. The van der Waals surface area contributed by atoms with Crippen molar-refractivity contribution in [3.05, 3.63) is 29.8 Å². The highest BCUT2D eigenvalue weighted by molar-refractivity contribution is 5.67. The second-order valence-electron chi connectivity index (χ2n) is 5.06. The molecule has 0 unspecified atom stereocenters. The summed E-state index contributed by atoms with van der Waals surface area (Å²) in [5.41, 5.74) is 2.16. The predicted molar refractivity (Wildman–Crippen MR) is 75.0 cm³/mol. The fourth-order valence-electron chi connectivity index (χ4n) is 1.83. The van der Waals surface area contributed by atoms with Crippen LogP contribution >= 0.6 is 0 Å². The molecule has 0 aromatic heterocycles. The number of benzene rings is 1. The first-order valence-corrected chi connectivity index (χ1v) is 6.62. The molecule has 100 valence electrons. The van der Waals surface area contributed by atoms with Crippen molar-refractivity contribution in [1.29, 1.82) is 0 Å². The Morgan fingerprint density at radius 3 is 2.83 bits per heavy atom. The number of anilines is 1. The van der Waals surface area contributed by atoms with Gasteiger partial charge in [-0.1, -0.05) is 26.0 Å². The van der Waals surface area contributed by atoms with Gasteiger partial charge in [0.1, 0.15) is 0 Å². The van der Waals surface area contributed by atoms with E-state index in [1.165, 1.54) is 6.42 Å². The lowest BCUT2D eigenvalue weighted by atomic mass is 10.1. The molecular weight excluding hydrogens is 226 g/mol. The van der Waals surface area contributed by atoms with Gasteiger partial charge >= 0.3 is 5.97 Å². The third-order valence-corrected chi connectivity index (χ3v) is 2.84. The normalized spacial score (nSPS) is 10.6. The standard InChI is InChI=1S/C15H23NO2/c1-12(2)5-4-10-16-14-7-3-6-13(11-14)8-9-15(17)18/h3,6-7,11-12,16H,4-5,8-10H2,1-2H3,(H,17,18). The van der Waals surface area contributed by atoms with E-state index in [0.29, 0.717) is 6.42 Å². The Morgan fingerprint density at radius 1 is 1.39 bits per heavy atom. The van der Waals surface area contributed by atoms with Crippen LogP contribution in [0, 0.1) is 5.92 Å². The van der Waals surface area contributed by atoms with Crippen molar-refractivity contribution >= 4 is 11.7 Å². The van der Waals surface area contributed by atoms with Gasteiger partial charge in [-0.15, -0.1) is 0 Å². The summed E-state index contributed by atoms with van der Waals surface area (Å²) in [6, 6.07) is 8.02. The van der Waals surface area contributed by atoms with E-state index in [9.17, 15) is 4.79 Å². The Hall–Kier alpha value is -1.51. The van der Waals surface area contributed by atoms with Gasteiger partial charge in [-0.05, 0) is 42.9 Å². The molecule has 1 aromatic rings. The molecule has 0 aliphatic heterocycles. The molecule has 1 aromatic carbocycles. The average Bonchev–Trinajstić information content (AvgIpc) is 2.32. The maximum Gasteiger partial charge on any atom is 0.303 e. The largest absolute Gasteiger partial charge is 0.481 e. The summed E-state index contributed by atoms with van der Waals surface area (Å²) in [5, 5.41) is 12.0. The number of rotatable bonds is 8. The van der Waals surface area contributed by atoms with Crippen molar-refractivity contribution in [2.75, 3.05) is 11.9 Å². The van der Waals surface area contributed by atoms with E-state index >= 15 is 0 Å². The molecule has 0 amide bonds. The molecule has 18 heavy (non-hydrogen) atoms. The first-order chi connectivity index (χ1) is 8.58. The minimum absolute atomic E-state index is 0.191. The van der Waals surface area contributed by atoms with Gasteiger partial charge in [0.25, 0.3) is 0 Å². The lowest BCUT2D eigenvalue weighted by Gasteiger charge is -2.09. The van der Waals surface area contributed by atoms with Crippen molar-refractivity contribution < 1.29 is 9.90 Å². The van der Waals surface area contributed by atoms with Crippen molar-refractivity contribution in [2.24, 2.45) is 5.92 Å². The van der Waals surface area contributed by atoms with Crippen LogP contribution in [0.15, 0.2) is 24.3 Å². The second kappa shape index (κ2) is 7.75. The molecule has 0 atom stereocenters. The molecule has 1 rings (SSSR count). The molecule has 0 spiro atoms. The van der Waals surface area contributed by atoms with Gasteiger partial charge in [0.05, 0.1) is 0 Å². The van der Waals surface area contributed by atoms with Gasteiger partial charge in [0, 0.05) is 18.7 Å². The third-order valence-electron chi connectivity index (χ3n) is 2.84. The quantitative estimate of drug-likeness (QED) is 0.693. The molecule has 0 aliphatic carbocycles. The summed E-state index contributed by atoms with van der Waals surface area (Å²) < 4.78 is 0. The van der Waals surface area contributed by atoms with Crippen LogP contribution in [0.3, 0.4) is 0 Å². The number of carbonyl (C=O) groups is 1. The molecule has 0 saturated heterocycles. The Bertz CT molecular complexity index is 375. The van der Waals surface area contributed by atoms with Gasteiger partial charge in [-0.3, -0.25) is 4.79 Å². The smallest absolute Gasteiger partial charge is 0.303 e. The highest BCUT2D eigenvalue weighted by Gasteiger charge is 2.00. The third kappa shape index (κ3) is 6.28. The number of aryl methyl sites for hydroxylation is 1. The second-order valence-corrected chi connectivity index (χ2v) is 5.06. The SMILES string of the molecule is CC(C)CCCNc1cccc(CCC(=O)O)c1. The van der Waals surface area contributed by atoms with E-state index in [4.69, 9.17) is 5.11 Å². The van der Waals surface area contributed by atoms with E-state index in [2.05, 4.69) is 19.2 Å².